The summed E-state index contributed by atoms with van der Waals surface area (Å²) >= 11 is 0. The van der Waals surface area contributed by atoms with E-state index in [0.29, 0.717) is 0 Å². The van der Waals surface area contributed by atoms with E-state index in [2.05, 4.69) is 22.9 Å². The first-order valence-electron chi connectivity index (χ1n) is 6.28. The molecule has 1 aromatic rings. The second kappa shape index (κ2) is 5.19. The van der Waals surface area contributed by atoms with Crippen molar-refractivity contribution in [2.45, 2.75) is 39.0 Å². The van der Waals surface area contributed by atoms with Gasteiger partial charge in [-0.3, -0.25) is 4.79 Å². The Bertz CT molecular complexity index is 391. The van der Waals surface area contributed by atoms with Gasteiger partial charge in [-0.15, -0.1) is 0 Å². The second-order valence-electron chi connectivity index (χ2n) is 4.50. The third-order valence-electron chi connectivity index (χ3n) is 3.20. The summed E-state index contributed by atoms with van der Waals surface area (Å²) in [5, 5.41) is 0. The van der Waals surface area contributed by atoms with E-state index in [0.717, 1.165) is 43.7 Å². The van der Waals surface area contributed by atoms with Gasteiger partial charge in [0.1, 0.15) is 5.69 Å². The Hall–Kier alpha value is -1.25. The van der Waals surface area contributed by atoms with Gasteiger partial charge in [0.05, 0.1) is 0 Å². The van der Waals surface area contributed by atoms with Crippen molar-refractivity contribution in [3.05, 3.63) is 28.2 Å². The molecule has 0 saturated carbocycles. The van der Waals surface area contributed by atoms with Gasteiger partial charge >= 0.3 is 0 Å². The topological polar surface area (TPSA) is 36.1 Å². The maximum atomic E-state index is 11.9. The largest absolute Gasteiger partial charge is 0.367 e. The summed E-state index contributed by atoms with van der Waals surface area (Å²) in [6.07, 6.45) is 5.69. The van der Waals surface area contributed by atoms with Crippen LogP contribution in [0.15, 0.2) is 16.9 Å². The summed E-state index contributed by atoms with van der Waals surface area (Å²) in [5.74, 6) is 0. The molecule has 16 heavy (non-hydrogen) atoms. The fraction of sp³-hybridized carbons (Fsp3) is 0.615. The molecule has 0 aliphatic carbocycles. The number of anilines is 1. The Kier molecular flexibility index (Phi) is 3.65. The highest BCUT2D eigenvalue weighted by molar-refractivity contribution is 5.45. The number of rotatable bonds is 4. The first-order valence-corrected chi connectivity index (χ1v) is 6.28. The summed E-state index contributed by atoms with van der Waals surface area (Å²) < 4.78 is 0. The van der Waals surface area contributed by atoms with Crippen LogP contribution in [0.4, 0.5) is 5.69 Å². The Balaban J connectivity index is 2.13. The van der Waals surface area contributed by atoms with Crippen LogP contribution < -0.4 is 10.5 Å². The van der Waals surface area contributed by atoms with E-state index in [4.69, 9.17) is 0 Å². The highest BCUT2D eigenvalue weighted by atomic mass is 16.1. The van der Waals surface area contributed by atoms with Gasteiger partial charge in [0.25, 0.3) is 5.56 Å². The van der Waals surface area contributed by atoms with Crippen LogP contribution in [-0.4, -0.2) is 18.1 Å². The molecule has 0 atom stereocenters. The summed E-state index contributed by atoms with van der Waals surface area (Å²) in [5.41, 5.74) is 1.99. The highest BCUT2D eigenvalue weighted by Crippen LogP contribution is 2.15. The van der Waals surface area contributed by atoms with E-state index in [-0.39, 0.29) is 5.56 Å². The van der Waals surface area contributed by atoms with Crippen LogP contribution >= 0.6 is 0 Å². The van der Waals surface area contributed by atoms with Crippen molar-refractivity contribution in [1.82, 2.24) is 4.98 Å². The molecule has 0 radical (unpaired) electrons. The van der Waals surface area contributed by atoms with Crippen LogP contribution in [0.1, 0.15) is 38.3 Å². The number of H-pyrrole nitrogens is 1. The molecule has 0 aromatic carbocycles. The lowest BCUT2D eigenvalue weighted by Crippen LogP contribution is -2.26. The lowest BCUT2D eigenvalue weighted by molar-refractivity contribution is 0.772. The molecular weight excluding hydrogens is 200 g/mol. The average Bonchev–Trinajstić information content (AvgIpc) is 2.80. The molecule has 2 heterocycles. The van der Waals surface area contributed by atoms with Gasteiger partial charge in [-0.25, -0.2) is 0 Å². The van der Waals surface area contributed by atoms with E-state index in [9.17, 15) is 4.79 Å². The Morgan fingerprint density at radius 3 is 2.69 bits per heavy atom. The molecule has 1 fully saturated rings. The van der Waals surface area contributed by atoms with E-state index in [1.54, 1.807) is 0 Å². The van der Waals surface area contributed by atoms with Gasteiger partial charge in [-0.1, -0.05) is 13.3 Å². The average molecular weight is 220 g/mol. The number of aromatic nitrogens is 1. The minimum absolute atomic E-state index is 0.0792. The van der Waals surface area contributed by atoms with Crippen LogP contribution in [0, 0.1) is 0 Å². The number of aryl methyl sites for hydroxylation is 1. The van der Waals surface area contributed by atoms with Gasteiger partial charge in [-0.05, 0) is 37.8 Å². The standard InChI is InChI=1S/C13H20N2O/c1-2-3-6-11-7-8-12(13(16)14-11)15-9-4-5-10-15/h7-8H,2-6,9-10H2,1H3,(H,14,16). The summed E-state index contributed by atoms with van der Waals surface area (Å²) in [6, 6.07) is 4.04. The van der Waals surface area contributed by atoms with Gasteiger partial charge in [0.2, 0.25) is 0 Å². The SMILES string of the molecule is CCCCc1ccc(N2CCCC2)c(=O)[nH]1. The number of hydrogen-bond acceptors (Lipinski definition) is 2. The van der Waals surface area contributed by atoms with Crippen LogP contribution in [-0.2, 0) is 6.42 Å². The quantitative estimate of drug-likeness (QED) is 0.845. The predicted molar refractivity (Wildman–Crippen MR) is 67.1 cm³/mol. The zero-order valence-electron chi connectivity index (χ0n) is 9.96. The molecule has 3 heteroatoms. The lowest BCUT2D eigenvalue weighted by atomic mass is 10.2. The lowest BCUT2D eigenvalue weighted by Gasteiger charge is -2.16. The third kappa shape index (κ3) is 2.46. The normalized spacial score (nSPS) is 15.7. The van der Waals surface area contributed by atoms with Gasteiger partial charge in [-0.2, -0.15) is 0 Å². The summed E-state index contributed by atoms with van der Waals surface area (Å²) in [7, 11) is 0. The van der Waals surface area contributed by atoms with Crippen LogP contribution in [0.25, 0.3) is 0 Å². The van der Waals surface area contributed by atoms with Crippen LogP contribution in [0.3, 0.4) is 0 Å². The van der Waals surface area contributed by atoms with Crippen molar-refractivity contribution in [3.8, 4) is 0 Å². The molecule has 1 saturated heterocycles. The minimum atomic E-state index is 0.0792. The molecule has 1 aromatic heterocycles. The van der Waals surface area contributed by atoms with Gasteiger partial charge in [0, 0.05) is 18.8 Å². The van der Waals surface area contributed by atoms with E-state index >= 15 is 0 Å². The first kappa shape index (κ1) is 11.2. The third-order valence-corrected chi connectivity index (χ3v) is 3.20. The summed E-state index contributed by atoms with van der Waals surface area (Å²) in [4.78, 5) is 17.1. The molecule has 0 bridgehead atoms. The first-order chi connectivity index (χ1) is 7.81. The second-order valence-corrected chi connectivity index (χ2v) is 4.50. The highest BCUT2D eigenvalue weighted by Gasteiger charge is 2.14. The molecule has 0 spiro atoms. The number of unbranched alkanes of at least 4 members (excludes halogenated alkanes) is 1. The monoisotopic (exact) mass is 220 g/mol. The Morgan fingerprint density at radius 1 is 1.31 bits per heavy atom. The molecule has 0 unspecified atom stereocenters. The Morgan fingerprint density at radius 2 is 2.06 bits per heavy atom. The maximum absolute atomic E-state index is 11.9. The van der Waals surface area contributed by atoms with Gasteiger partial charge < -0.3 is 9.88 Å². The van der Waals surface area contributed by atoms with Gasteiger partial charge in [0.15, 0.2) is 0 Å². The van der Waals surface area contributed by atoms with Crippen molar-refractivity contribution in [2.24, 2.45) is 0 Å². The number of pyridine rings is 1. The van der Waals surface area contributed by atoms with Crippen LogP contribution in [0.2, 0.25) is 0 Å². The molecule has 3 nitrogen and oxygen atoms in total. The number of aromatic amines is 1. The number of hydrogen-bond donors (Lipinski definition) is 1. The fourth-order valence-electron chi connectivity index (χ4n) is 2.23. The minimum Gasteiger partial charge on any atom is -0.367 e. The van der Waals surface area contributed by atoms with E-state index < -0.39 is 0 Å². The number of nitrogens with one attached hydrogen (secondary N) is 1. The predicted octanol–water partition coefficient (Wildman–Crippen LogP) is 2.32. The van der Waals surface area contributed by atoms with Crippen LogP contribution in [0.5, 0.6) is 0 Å². The summed E-state index contributed by atoms with van der Waals surface area (Å²) in [6.45, 7) is 4.21. The molecule has 0 amide bonds. The molecule has 1 N–H and O–H groups in total. The molecule has 1 aliphatic rings. The molecule has 88 valence electrons. The van der Waals surface area contributed by atoms with Crippen molar-refractivity contribution < 1.29 is 0 Å². The molecule has 1 aliphatic heterocycles. The smallest absolute Gasteiger partial charge is 0.271 e. The van der Waals surface area contributed by atoms with E-state index in [1.807, 2.05) is 6.07 Å². The zero-order valence-corrected chi connectivity index (χ0v) is 9.96. The molecular formula is C13H20N2O. The fourth-order valence-corrected chi connectivity index (χ4v) is 2.23. The van der Waals surface area contributed by atoms with Crippen molar-refractivity contribution >= 4 is 5.69 Å². The number of nitrogens with zero attached hydrogens (tertiary/aromatic N) is 1. The van der Waals surface area contributed by atoms with Crippen molar-refractivity contribution in [3.63, 3.8) is 0 Å². The molecule has 2 rings (SSSR count). The Labute approximate surface area is 96.5 Å². The maximum Gasteiger partial charge on any atom is 0.271 e. The zero-order chi connectivity index (χ0) is 11.4. The van der Waals surface area contributed by atoms with E-state index in [1.165, 1.54) is 12.8 Å². The van der Waals surface area contributed by atoms with Crippen molar-refractivity contribution in [2.75, 3.05) is 18.0 Å². The van der Waals surface area contributed by atoms with Crippen molar-refractivity contribution in [1.29, 1.82) is 0 Å².